The van der Waals surface area contributed by atoms with Gasteiger partial charge < -0.3 is 4.74 Å². The predicted molar refractivity (Wildman–Crippen MR) is 79.8 cm³/mol. The van der Waals surface area contributed by atoms with Crippen LogP contribution in [0.25, 0.3) is 0 Å². The second kappa shape index (κ2) is 3.86. The number of hydrogen-bond acceptors (Lipinski definition) is 3. The molecule has 0 aromatic carbocycles. The van der Waals surface area contributed by atoms with Gasteiger partial charge in [-0.25, -0.2) is 4.79 Å². The van der Waals surface area contributed by atoms with Crippen LogP contribution >= 0.6 is 0 Å². The highest BCUT2D eigenvalue weighted by molar-refractivity contribution is 6.01. The Morgan fingerprint density at radius 1 is 1.25 bits per heavy atom. The van der Waals surface area contributed by atoms with Crippen molar-refractivity contribution in [3.63, 3.8) is 0 Å². The number of ether oxygens (including phenoxy) is 1. The van der Waals surface area contributed by atoms with Gasteiger partial charge in [0.1, 0.15) is 5.60 Å². The summed E-state index contributed by atoms with van der Waals surface area (Å²) in [7, 11) is 0. The Balaban J connectivity index is 1.93. The monoisotopic (exact) mass is 277 g/mol. The molecule has 20 heavy (non-hydrogen) atoms. The number of hydrogen-bond donors (Lipinski definition) is 0. The quantitative estimate of drug-likeness (QED) is 0.723. The molecule has 0 saturated heterocycles. The van der Waals surface area contributed by atoms with Crippen LogP contribution in [0.5, 0.6) is 0 Å². The van der Waals surface area contributed by atoms with Crippen LogP contribution < -0.4 is 0 Å². The van der Waals surface area contributed by atoms with Crippen LogP contribution in [-0.4, -0.2) is 22.8 Å². The zero-order valence-electron chi connectivity index (χ0n) is 13.6. The van der Waals surface area contributed by atoms with Crippen molar-refractivity contribution in [2.75, 3.05) is 0 Å². The second-order valence-electron chi connectivity index (χ2n) is 8.49. The highest BCUT2D eigenvalue weighted by Crippen LogP contribution is 2.66. The lowest BCUT2D eigenvalue weighted by Gasteiger charge is -2.43. The summed E-state index contributed by atoms with van der Waals surface area (Å²) >= 11 is 0. The van der Waals surface area contributed by atoms with Crippen LogP contribution in [0.1, 0.15) is 60.8 Å². The lowest BCUT2D eigenvalue weighted by molar-refractivity contribution is -0.162. The van der Waals surface area contributed by atoms with Crippen molar-refractivity contribution in [1.29, 1.82) is 0 Å². The van der Waals surface area contributed by atoms with Gasteiger partial charge in [-0.1, -0.05) is 27.7 Å². The molecule has 0 bridgehead atoms. The van der Waals surface area contributed by atoms with Crippen molar-refractivity contribution in [2.24, 2.45) is 28.2 Å². The van der Waals surface area contributed by atoms with E-state index in [1.807, 2.05) is 6.92 Å². The Bertz CT molecular complexity index is 493. The van der Waals surface area contributed by atoms with Crippen LogP contribution in [0.15, 0.2) is 4.99 Å². The third kappa shape index (κ3) is 1.85. The average molecular weight is 277 g/mol. The molecule has 2 saturated carbocycles. The molecule has 1 aliphatic heterocycles. The first kappa shape index (κ1) is 14.1. The Labute approximate surface area is 122 Å². The summed E-state index contributed by atoms with van der Waals surface area (Å²) in [5.74, 6) is 1.73. The highest BCUT2D eigenvalue weighted by Gasteiger charge is 2.65. The molecule has 3 aliphatic rings. The largest absolute Gasteiger partial charge is 0.451 e. The third-order valence-electron chi connectivity index (χ3n) is 5.87. The van der Waals surface area contributed by atoms with Crippen LogP contribution in [0.2, 0.25) is 0 Å². The SMILES string of the molecule is CC(C)C[C@]1(C)N=C2C[C@@H]3[C@H](C[C@]2(C)OC1=O)C3(C)C. The maximum absolute atomic E-state index is 12.5. The minimum Gasteiger partial charge on any atom is -0.451 e. The fourth-order valence-corrected chi connectivity index (χ4v) is 4.48. The number of carbonyl (C=O) groups is 1. The molecule has 0 amide bonds. The number of carbonyl (C=O) groups excluding carboxylic acids is 1. The fourth-order valence-electron chi connectivity index (χ4n) is 4.48. The molecular weight excluding hydrogens is 250 g/mol. The third-order valence-corrected chi connectivity index (χ3v) is 5.87. The first-order chi connectivity index (χ1) is 9.08. The number of fused-ring (bicyclic) bond motifs is 2. The molecular formula is C17H27NO2. The van der Waals surface area contributed by atoms with E-state index in [1.165, 1.54) is 0 Å². The Morgan fingerprint density at radius 3 is 2.50 bits per heavy atom. The van der Waals surface area contributed by atoms with Crippen LogP contribution in [0.4, 0.5) is 0 Å². The van der Waals surface area contributed by atoms with Gasteiger partial charge in [0.25, 0.3) is 0 Å². The number of rotatable bonds is 2. The van der Waals surface area contributed by atoms with Gasteiger partial charge in [-0.15, -0.1) is 0 Å². The minimum absolute atomic E-state index is 0.130. The van der Waals surface area contributed by atoms with Crippen molar-refractivity contribution < 1.29 is 9.53 Å². The second-order valence-corrected chi connectivity index (χ2v) is 8.49. The van der Waals surface area contributed by atoms with E-state index in [0.717, 1.165) is 30.9 Å². The van der Waals surface area contributed by atoms with Crippen molar-refractivity contribution in [1.82, 2.24) is 0 Å². The van der Waals surface area contributed by atoms with Crippen LogP contribution in [0.3, 0.4) is 0 Å². The standard InChI is InChI=1S/C17H27NO2/c1-10(2)8-16(5)14(19)20-17(6)9-12-11(15(12,3)4)7-13(17)18-16/h10-12H,7-9H2,1-6H3/t11-,12+,16+,17+/m1/s1. The number of aliphatic imine (C=N–C) groups is 1. The number of nitrogens with zero attached hydrogens (tertiary/aromatic N) is 1. The summed E-state index contributed by atoms with van der Waals surface area (Å²) in [6.07, 6.45) is 2.73. The lowest BCUT2D eigenvalue weighted by Crippen LogP contribution is -2.54. The summed E-state index contributed by atoms with van der Waals surface area (Å²) in [5, 5.41) is 0. The van der Waals surface area contributed by atoms with Crippen LogP contribution in [0, 0.1) is 23.2 Å². The van der Waals surface area contributed by atoms with Crippen molar-refractivity contribution in [2.45, 2.75) is 71.9 Å². The Kier molecular flexibility index (Phi) is 2.72. The molecule has 3 rings (SSSR count). The molecule has 2 fully saturated rings. The van der Waals surface area contributed by atoms with Crippen molar-refractivity contribution in [3.05, 3.63) is 0 Å². The van der Waals surface area contributed by atoms with E-state index in [-0.39, 0.29) is 5.97 Å². The molecule has 3 heteroatoms. The first-order valence-corrected chi connectivity index (χ1v) is 7.91. The lowest BCUT2D eigenvalue weighted by atomic mass is 9.80. The summed E-state index contributed by atoms with van der Waals surface area (Å²) in [6, 6.07) is 0. The predicted octanol–water partition coefficient (Wildman–Crippen LogP) is 3.61. The van der Waals surface area contributed by atoms with Gasteiger partial charge in [-0.2, -0.15) is 0 Å². The van der Waals surface area contributed by atoms with Gasteiger partial charge in [-0.05, 0) is 56.3 Å². The zero-order chi connectivity index (χ0) is 14.9. The van der Waals surface area contributed by atoms with Gasteiger partial charge >= 0.3 is 5.97 Å². The molecule has 0 N–H and O–H groups in total. The summed E-state index contributed by atoms with van der Waals surface area (Å²) in [5.41, 5.74) is 0.410. The van der Waals surface area contributed by atoms with E-state index in [4.69, 9.17) is 9.73 Å². The van der Waals surface area contributed by atoms with E-state index in [0.29, 0.717) is 17.3 Å². The molecule has 112 valence electrons. The van der Waals surface area contributed by atoms with E-state index >= 15 is 0 Å². The molecule has 1 heterocycles. The topological polar surface area (TPSA) is 38.7 Å². The maximum atomic E-state index is 12.5. The Morgan fingerprint density at radius 2 is 1.90 bits per heavy atom. The van der Waals surface area contributed by atoms with E-state index in [1.54, 1.807) is 0 Å². The zero-order valence-corrected chi connectivity index (χ0v) is 13.6. The Hall–Kier alpha value is -0.860. The molecule has 0 unspecified atom stereocenters. The van der Waals surface area contributed by atoms with Crippen molar-refractivity contribution in [3.8, 4) is 0 Å². The minimum atomic E-state index is -0.672. The molecule has 2 aliphatic carbocycles. The van der Waals surface area contributed by atoms with Crippen molar-refractivity contribution >= 4 is 11.7 Å². The normalized spacial score (nSPS) is 45.4. The first-order valence-electron chi connectivity index (χ1n) is 7.91. The van der Waals surface area contributed by atoms with E-state index in [9.17, 15) is 4.79 Å². The molecule has 0 spiro atoms. The number of esters is 1. The smallest absolute Gasteiger partial charge is 0.334 e. The summed E-state index contributed by atoms with van der Waals surface area (Å²) in [4.78, 5) is 17.4. The van der Waals surface area contributed by atoms with E-state index < -0.39 is 11.1 Å². The maximum Gasteiger partial charge on any atom is 0.334 e. The summed E-state index contributed by atoms with van der Waals surface area (Å²) < 4.78 is 5.91. The molecule has 0 radical (unpaired) electrons. The molecule has 0 aromatic rings. The van der Waals surface area contributed by atoms with Gasteiger partial charge in [-0.3, -0.25) is 4.99 Å². The van der Waals surface area contributed by atoms with Gasteiger partial charge in [0.15, 0.2) is 5.54 Å². The van der Waals surface area contributed by atoms with Crippen LogP contribution in [-0.2, 0) is 9.53 Å². The fraction of sp³-hybridized carbons (Fsp3) is 0.882. The highest BCUT2D eigenvalue weighted by atomic mass is 16.6. The molecule has 0 aromatic heterocycles. The van der Waals surface area contributed by atoms with E-state index in [2.05, 4.69) is 34.6 Å². The summed E-state index contributed by atoms with van der Waals surface area (Å²) in [6.45, 7) is 12.9. The molecule has 3 nitrogen and oxygen atoms in total. The van der Waals surface area contributed by atoms with Gasteiger partial charge in [0, 0.05) is 0 Å². The van der Waals surface area contributed by atoms with Gasteiger partial charge in [0.05, 0.1) is 5.71 Å². The average Bonchev–Trinajstić information content (AvgIpc) is 2.77. The van der Waals surface area contributed by atoms with Gasteiger partial charge in [0.2, 0.25) is 0 Å². The molecule has 4 atom stereocenters.